The standard InChI is InChI=1S/C51H84O4/c1-14-49(8,9)36-47(42-25-29-44(30-26-42)55-51(12,13)52-32-31-39-19-16-15-17-20-39)50(10,11)34-40-21-18-22-45(33-40)54-38(4)53-43-27-23-41(24-28-43)46(37(2)3)35-48(5,6)7/h23-30,37-40,45-47H,14-22,31-36H2,1-13H3. The summed E-state index contributed by atoms with van der Waals surface area (Å²) >= 11 is 0. The van der Waals surface area contributed by atoms with E-state index in [0.29, 0.717) is 29.1 Å². The molecule has 4 rings (SSSR count). The maximum atomic E-state index is 6.63. The van der Waals surface area contributed by atoms with Crippen LogP contribution in [0.25, 0.3) is 0 Å². The Bertz CT molecular complexity index is 1380. The highest BCUT2D eigenvalue weighted by molar-refractivity contribution is 5.32. The molecule has 5 atom stereocenters. The van der Waals surface area contributed by atoms with Crippen molar-refractivity contribution < 1.29 is 18.9 Å². The van der Waals surface area contributed by atoms with Crippen molar-refractivity contribution in [3.63, 3.8) is 0 Å². The predicted octanol–water partition coefficient (Wildman–Crippen LogP) is 15.3. The lowest BCUT2D eigenvalue weighted by atomic mass is 9.63. The van der Waals surface area contributed by atoms with Crippen molar-refractivity contribution in [1.82, 2.24) is 0 Å². The Balaban J connectivity index is 1.35. The molecule has 0 aliphatic heterocycles. The van der Waals surface area contributed by atoms with Gasteiger partial charge in [-0.25, -0.2) is 0 Å². The summed E-state index contributed by atoms with van der Waals surface area (Å²) in [5.41, 5.74) is 3.52. The van der Waals surface area contributed by atoms with Crippen molar-refractivity contribution in [1.29, 1.82) is 0 Å². The zero-order chi connectivity index (χ0) is 40.4. The van der Waals surface area contributed by atoms with Crippen LogP contribution in [0.2, 0.25) is 0 Å². The van der Waals surface area contributed by atoms with Gasteiger partial charge in [-0.05, 0) is 127 Å². The largest absolute Gasteiger partial charge is 0.465 e. The molecule has 0 heterocycles. The van der Waals surface area contributed by atoms with Gasteiger partial charge in [0.05, 0.1) is 12.7 Å². The molecule has 4 nitrogen and oxygen atoms in total. The number of rotatable bonds is 20. The van der Waals surface area contributed by atoms with E-state index in [4.69, 9.17) is 18.9 Å². The monoisotopic (exact) mass is 761 g/mol. The van der Waals surface area contributed by atoms with Gasteiger partial charge in [0.25, 0.3) is 0 Å². The normalized spacial score (nSPS) is 21.0. The van der Waals surface area contributed by atoms with Crippen molar-refractivity contribution in [3.05, 3.63) is 59.7 Å². The second kappa shape index (κ2) is 20.1. The van der Waals surface area contributed by atoms with Gasteiger partial charge in [0, 0.05) is 13.8 Å². The third kappa shape index (κ3) is 15.3. The highest BCUT2D eigenvalue weighted by Crippen LogP contribution is 2.50. The molecule has 2 aromatic rings. The maximum Gasteiger partial charge on any atom is 0.204 e. The molecule has 0 saturated heterocycles. The Kier molecular flexibility index (Phi) is 16.7. The fourth-order valence-electron chi connectivity index (χ4n) is 9.69. The highest BCUT2D eigenvalue weighted by Gasteiger charge is 2.38. The summed E-state index contributed by atoms with van der Waals surface area (Å²) in [6, 6.07) is 17.8. The molecule has 55 heavy (non-hydrogen) atoms. The van der Waals surface area contributed by atoms with Gasteiger partial charge in [-0.15, -0.1) is 0 Å². The van der Waals surface area contributed by atoms with Gasteiger partial charge >= 0.3 is 0 Å². The summed E-state index contributed by atoms with van der Waals surface area (Å²) < 4.78 is 25.7. The fraction of sp³-hybridized carbons (Fsp3) is 0.765. The Morgan fingerprint density at radius 2 is 1.27 bits per heavy atom. The van der Waals surface area contributed by atoms with E-state index in [1.807, 2.05) is 0 Å². The van der Waals surface area contributed by atoms with E-state index >= 15 is 0 Å². The van der Waals surface area contributed by atoms with Crippen LogP contribution in [0.5, 0.6) is 11.5 Å². The third-order valence-electron chi connectivity index (χ3n) is 13.2. The zero-order valence-electron chi connectivity index (χ0n) is 37.9. The van der Waals surface area contributed by atoms with Crippen molar-refractivity contribution >= 4 is 0 Å². The third-order valence-corrected chi connectivity index (χ3v) is 13.2. The minimum Gasteiger partial charge on any atom is -0.465 e. The number of hydrogen-bond donors (Lipinski definition) is 0. The van der Waals surface area contributed by atoms with E-state index in [0.717, 1.165) is 49.7 Å². The van der Waals surface area contributed by atoms with Gasteiger partial charge in [0.1, 0.15) is 11.5 Å². The topological polar surface area (TPSA) is 36.9 Å². The summed E-state index contributed by atoms with van der Waals surface area (Å²) in [4.78, 5) is 0. The van der Waals surface area contributed by atoms with Gasteiger partial charge in [0.15, 0.2) is 6.29 Å². The molecule has 0 amide bonds. The van der Waals surface area contributed by atoms with Crippen LogP contribution in [0.3, 0.4) is 0 Å². The lowest BCUT2D eigenvalue weighted by molar-refractivity contribution is -0.158. The van der Waals surface area contributed by atoms with Gasteiger partial charge < -0.3 is 18.9 Å². The Morgan fingerprint density at radius 3 is 1.87 bits per heavy atom. The molecule has 5 unspecified atom stereocenters. The molecule has 2 aromatic carbocycles. The van der Waals surface area contributed by atoms with Crippen molar-refractivity contribution in [2.24, 2.45) is 34.0 Å². The highest BCUT2D eigenvalue weighted by atomic mass is 16.7. The first kappa shape index (κ1) is 45.7. The molecule has 2 aliphatic rings. The van der Waals surface area contributed by atoms with E-state index in [-0.39, 0.29) is 23.2 Å². The first-order valence-corrected chi connectivity index (χ1v) is 22.6. The minimum atomic E-state index is -0.644. The van der Waals surface area contributed by atoms with E-state index < -0.39 is 5.79 Å². The molecule has 4 heteroatoms. The van der Waals surface area contributed by atoms with Gasteiger partial charge in [0.2, 0.25) is 5.79 Å². The predicted molar refractivity (Wildman–Crippen MR) is 233 cm³/mol. The van der Waals surface area contributed by atoms with Gasteiger partial charge in [-0.2, -0.15) is 0 Å². The van der Waals surface area contributed by atoms with Gasteiger partial charge in [-0.3, -0.25) is 0 Å². The lowest BCUT2D eigenvalue weighted by Gasteiger charge is -2.43. The molecular formula is C51H84O4. The minimum absolute atomic E-state index is 0.133. The molecule has 0 spiro atoms. The van der Waals surface area contributed by atoms with Crippen LogP contribution < -0.4 is 9.47 Å². The smallest absolute Gasteiger partial charge is 0.204 e. The average molecular weight is 761 g/mol. The molecule has 0 radical (unpaired) electrons. The molecule has 0 aromatic heterocycles. The summed E-state index contributed by atoms with van der Waals surface area (Å²) in [7, 11) is 0. The maximum absolute atomic E-state index is 6.63. The summed E-state index contributed by atoms with van der Waals surface area (Å²) in [6.07, 6.45) is 17.4. The van der Waals surface area contributed by atoms with Crippen molar-refractivity contribution in [3.8, 4) is 11.5 Å². The number of hydrogen-bond acceptors (Lipinski definition) is 4. The molecule has 2 aliphatic carbocycles. The average Bonchev–Trinajstić information content (AvgIpc) is 3.10. The fourth-order valence-corrected chi connectivity index (χ4v) is 9.69. The van der Waals surface area contributed by atoms with Crippen LogP contribution in [0.1, 0.15) is 203 Å². The molecule has 312 valence electrons. The van der Waals surface area contributed by atoms with E-state index in [1.54, 1.807) is 0 Å². The summed E-state index contributed by atoms with van der Waals surface area (Å²) in [6.45, 7) is 30.9. The zero-order valence-corrected chi connectivity index (χ0v) is 37.9. The van der Waals surface area contributed by atoms with Gasteiger partial charge in [-0.1, -0.05) is 145 Å². The van der Waals surface area contributed by atoms with Crippen molar-refractivity contribution in [2.75, 3.05) is 6.61 Å². The molecule has 0 bridgehead atoms. The second-order valence-corrected chi connectivity index (χ2v) is 21.3. The quantitative estimate of drug-likeness (QED) is 0.126. The molecule has 2 saturated carbocycles. The second-order valence-electron chi connectivity index (χ2n) is 21.3. The van der Waals surface area contributed by atoms with E-state index in [9.17, 15) is 0 Å². The summed E-state index contributed by atoms with van der Waals surface area (Å²) in [5, 5.41) is 0. The van der Waals surface area contributed by atoms with E-state index in [1.165, 1.54) is 75.3 Å². The van der Waals surface area contributed by atoms with Crippen LogP contribution >= 0.6 is 0 Å². The van der Waals surface area contributed by atoms with Crippen LogP contribution in [0.15, 0.2) is 48.5 Å². The van der Waals surface area contributed by atoms with Crippen LogP contribution in [-0.2, 0) is 9.47 Å². The van der Waals surface area contributed by atoms with Crippen LogP contribution in [-0.4, -0.2) is 24.8 Å². The summed E-state index contributed by atoms with van der Waals surface area (Å²) in [5.74, 6) is 4.18. The number of ether oxygens (including phenoxy) is 4. The molecule has 2 fully saturated rings. The Labute approximate surface area is 339 Å². The van der Waals surface area contributed by atoms with Crippen LogP contribution in [0.4, 0.5) is 0 Å². The van der Waals surface area contributed by atoms with E-state index in [2.05, 4.69) is 139 Å². The lowest BCUT2D eigenvalue weighted by Crippen LogP contribution is -2.34. The van der Waals surface area contributed by atoms with Crippen LogP contribution in [0, 0.1) is 34.0 Å². The molecule has 0 N–H and O–H groups in total. The Morgan fingerprint density at radius 1 is 0.673 bits per heavy atom. The van der Waals surface area contributed by atoms with Crippen molar-refractivity contribution in [2.45, 2.75) is 210 Å². The first-order valence-electron chi connectivity index (χ1n) is 22.6. The first-order chi connectivity index (χ1) is 25.7. The SMILES string of the molecule is CCC(C)(C)CC(c1ccc(OC(C)(C)OCCC2CCCCC2)cc1)C(C)(C)CC1CCCC(OC(C)Oc2ccc(C(CC(C)(C)C)C(C)C)cc2)C1. The number of benzene rings is 2. The molecular weight excluding hydrogens is 677 g/mol. The Hall–Kier alpha value is -2.04.